The smallest absolute Gasteiger partial charge is 0.182 e. The van der Waals surface area contributed by atoms with E-state index in [9.17, 15) is 13.6 Å². The fraction of sp³-hybridized carbons (Fsp3) is 0.533. The second kappa shape index (κ2) is 6.90. The van der Waals surface area contributed by atoms with Crippen molar-refractivity contribution in [2.75, 3.05) is 26.2 Å². The number of nitrogens with zero attached hydrogens (tertiary/aromatic N) is 1. The number of halogens is 2. The molecule has 0 aliphatic carbocycles. The first-order valence-electron chi connectivity index (χ1n) is 7.05. The molecule has 3 nitrogen and oxygen atoms in total. The first-order valence-corrected chi connectivity index (χ1v) is 7.05. The molecule has 0 radical (unpaired) electrons. The maximum Gasteiger partial charge on any atom is 0.182 e. The second-order valence-electron chi connectivity index (χ2n) is 5.06. The van der Waals surface area contributed by atoms with Gasteiger partial charge in [0.05, 0.1) is 12.1 Å². The van der Waals surface area contributed by atoms with Crippen molar-refractivity contribution in [2.45, 2.75) is 25.8 Å². The van der Waals surface area contributed by atoms with Crippen molar-refractivity contribution >= 4 is 5.78 Å². The largest absolute Gasteiger partial charge is 0.317 e. The lowest BCUT2D eigenvalue weighted by Gasteiger charge is -2.33. The quantitative estimate of drug-likeness (QED) is 0.841. The summed E-state index contributed by atoms with van der Waals surface area (Å²) < 4.78 is 27.2. The van der Waals surface area contributed by atoms with E-state index < -0.39 is 23.0 Å². The minimum Gasteiger partial charge on any atom is -0.317 e. The standard InChI is InChI=1S/C15H20F2N2O/c1-2-19(11-6-8-18-9-7-11)10-14(20)15-12(16)4-3-5-13(15)17/h3-5,11,18H,2,6-10H2,1H3. The Morgan fingerprint density at radius 1 is 1.30 bits per heavy atom. The van der Waals surface area contributed by atoms with Crippen LogP contribution in [0.15, 0.2) is 18.2 Å². The Bertz CT molecular complexity index is 453. The monoisotopic (exact) mass is 282 g/mol. The molecule has 0 saturated carbocycles. The average Bonchev–Trinajstić information content (AvgIpc) is 2.45. The molecule has 1 aliphatic rings. The highest BCUT2D eigenvalue weighted by Crippen LogP contribution is 2.16. The maximum absolute atomic E-state index is 13.6. The number of hydrogen-bond acceptors (Lipinski definition) is 3. The molecule has 1 aromatic rings. The first kappa shape index (κ1) is 15.1. The molecule has 1 heterocycles. The summed E-state index contributed by atoms with van der Waals surface area (Å²) in [7, 11) is 0. The molecule has 5 heteroatoms. The third-order valence-corrected chi connectivity index (χ3v) is 3.82. The topological polar surface area (TPSA) is 32.3 Å². The van der Waals surface area contributed by atoms with E-state index in [-0.39, 0.29) is 6.54 Å². The highest BCUT2D eigenvalue weighted by atomic mass is 19.1. The second-order valence-corrected chi connectivity index (χ2v) is 5.06. The van der Waals surface area contributed by atoms with Gasteiger partial charge in [0.2, 0.25) is 0 Å². The number of Topliss-reactive ketones (excluding diaryl/α,β-unsaturated/α-hetero) is 1. The Hall–Kier alpha value is -1.33. The maximum atomic E-state index is 13.6. The van der Waals surface area contributed by atoms with Crippen molar-refractivity contribution in [3.63, 3.8) is 0 Å². The predicted octanol–water partition coefficient (Wildman–Crippen LogP) is 2.22. The van der Waals surface area contributed by atoms with Crippen LogP contribution < -0.4 is 5.32 Å². The van der Waals surface area contributed by atoms with E-state index in [0.717, 1.165) is 38.1 Å². The van der Waals surface area contributed by atoms with Crippen LogP contribution in [0, 0.1) is 11.6 Å². The summed E-state index contributed by atoms with van der Waals surface area (Å²) in [5.74, 6) is -2.05. The van der Waals surface area contributed by atoms with Crippen LogP contribution in [-0.4, -0.2) is 42.9 Å². The lowest BCUT2D eigenvalue weighted by Crippen LogP contribution is -2.45. The van der Waals surface area contributed by atoms with Crippen LogP contribution in [0.5, 0.6) is 0 Å². The molecule has 1 aromatic carbocycles. The number of carbonyl (C=O) groups is 1. The zero-order valence-electron chi connectivity index (χ0n) is 11.7. The summed E-state index contributed by atoms with van der Waals surface area (Å²) >= 11 is 0. The van der Waals surface area contributed by atoms with Crippen molar-refractivity contribution in [3.8, 4) is 0 Å². The van der Waals surface area contributed by atoms with Gasteiger partial charge in [0, 0.05) is 6.04 Å². The molecular weight excluding hydrogens is 262 g/mol. The Morgan fingerprint density at radius 3 is 2.45 bits per heavy atom. The van der Waals surface area contributed by atoms with Gasteiger partial charge in [-0.15, -0.1) is 0 Å². The summed E-state index contributed by atoms with van der Waals surface area (Å²) in [6.07, 6.45) is 1.92. The summed E-state index contributed by atoms with van der Waals surface area (Å²) in [6, 6.07) is 3.82. The predicted molar refractivity (Wildman–Crippen MR) is 73.8 cm³/mol. The zero-order chi connectivity index (χ0) is 14.5. The van der Waals surface area contributed by atoms with E-state index in [1.54, 1.807) is 0 Å². The molecule has 1 aliphatic heterocycles. The number of hydrogen-bond donors (Lipinski definition) is 1. The lowest BCUT2D eigenvalue weighted by molar-refractivity contribution is 0.0866. The van der Waals surface area contributed by atoms with Crippen molar-refractivity contribution in [1.29, 1.82) is 0 Å². The lowest BCUT2D eigenvalue weighted by atomic mass is 10.0. The van der Waals surface area contributed by atoms with Gasteiger partial charge in [0.25, 0.3) is 0 Å². The van der Waals surface area contributed by atoms with Gasteiger partial charge in [-0.05, 0) is 44.6 Å². The molecule has 0 atom stereocenters. The molecule has 0 aromatic heterocycles. The third-order valence-electron chi connectivity index (χ3n) is 3.82. The molecule has 1 fully saturated rings. The Balaban J connectivity index is 2.09. The summed E-state index contributed by atoms with van der Waals surface area (Å²) in [5.41, 5.74) is -0.417. The van der Waals surface area contributed by atoms with E-state index in [2.05, 4.69) is 5.32 Å². The molecule has 2 rings (SSSR count). The fourth-order valence-electron chi connectivity index (χ4n) is 2.70. The van der Waals surface area contributed by atoms with Crippen molar-refractivity contribution in [1.82, 2.24) is 10.2 Å². The molecule has 0 bridgehead atoms. The number of nitrogens with one attached hydrogen (secondary N) is 1. The van der Waals surface area contributed by atoms with E-state index in [4.69, 9.17) is 0 Å². The molecular formula is C15H20F2N2O. The molecule has 1 N–H and O–H groups in total. The summed E-state index contributed by atoms with van der Waals surface area (Å²) in [6.45, 7) is 4.57. The van der Waals surface area contributed by atoms with E-state index in [1.165, 1.54) is 6.07 Å². The fourth-order valence-corrected chi connectivity index (χ4v) is 2.70. The number of ketones is 1. The number of rotatable bonds is 5. The molecule has 20 heavy (non-hydrogen) atoms. The van der Waals surface area contributed by atoms with Gasteiger partial charge in [-0.25, -0.2) is 8.78 Å². The minimum atomic E-state index is -0.781. The van der Waals surface area contributed by atoms with E-state index >= 15 is 0 Å². The molecule has 110 valence electrons. The first-order chi connectivity index (χ1) is 9.63. The number of benzene rings is 1. The van der Waals surface area contributed by atoms with Crippen LogP contribution in [0.4, 0.5) is 8.78 Å². The zero-order valence-corrected chi connectivity index (χ0v) is 11.7. The van der Waals surface area contributed by atoms with E-state index in [1.807, 2.05) is 11.8 Å². The van der Waals surface area contributed by atoms with Gasteiger partial charge in [0.1, 0.15) is 11.6 Å². The van der Waals surface area contributed by atoms with Crippen molar-refractivity contribution < 1.29 is 13.6 Å². The summed E-state index contributed by atoms with van der Waals surface area (Å²) in [4.78, 5) is 14.2. The van der Waals surface area contributed by atoms with Crippen LogP contribution in [0.2, 0.25) is 0 Å². The molecule has 0 spiro atoms. The number of likely N-dealkylation sites (N-methyl/N-ethyl adjacent to an activating group) is 1. The third kappa shape index (κ3) is 3.41. The Labute approximate surface area is 118 Å². The highest BCUT2D eigenvalue weighted by molar-refractivity contribution is 5.98. The van der Waals surface area contributed by atoms with Crippen LogP contribution in [0.1, 0.15) is 30.1 Å². The van der Waals surface area contributed by atoms with Crippen LogP contribution in [0.25, 0.3) is 0 Å². The van der Waals surface area contributed by atoms with E-state index in [0.29, 0.717) is 12.6 Å². The number of piperidine rings is 1. The highest BCUT2D eigenvalue weighted by Gasteiger charge is 2.24. The van der Waals surface area contributed by atoms with Gasteiger partial charge in [0.15, 0.2) is 5.78 Å². The van der Waals surface area contributed by atoms with Crippen molar-refractivity contribution in [3.05, 3.63) is 35.4 Å². The molecule has 0 amide bonds. The van der Waals surface area contributed by atoms with Gasteiger partial charge in [-0.3, -0.25) is 9.69 Å². The molecule has 1 saturated heterocycles. The van der Waals surface area contributed by atoms with Gasteiger partial charge >= 0.3 is 0 Å². The van der Waals surface area contributed by atoms with Crippen molar-refractivity contribution in [2.24, 2.45) is 0 Å². The Morgan fingerprint density at radius 2 is 1.90 bits per heavy atom. The van der Waals surface area contributed by atoms with Gasteiger partial charge < -0.3 is 5.32 Å². The SMILES string of the molecule is CCN(CC(=O)c1c(F)cccc1F)C1CCNCC1. The van der Waals surface area contributed by atoms with Crippen LogP contribution in [0.3, 0.4) is 0 Å². The Kier molecular flexibility index (Phi) is 5.20. The number of carbonyl (C=O) groups excluding carboxylic acids is 1. The van der Waals surface area contributed by atoms with Gasteiger partial charge in [-0.2, -0.15) is 0 Å². The van der Waals surface area contributed by atoms with Gasteiger partial charge in [-0.1, -0.05) is 13.0 Å². The minimum absolute atomic E-state index is 0.0685. The average molecular weight is 282 g/mol. The van der Waals surface area contributed by atoms with Crippen LogP contribution >= 0.6 is 0 Å². The normalized spacial score (nSPS) is 16.6. The molecule has 0 unspecified atom stereocenters. The summed E-state index contributed by atoms with van der Waals surface area (Å²) in [5, 5.41) is 3.27. The van der Waals surface area contributed by atoms with Crippen LogP contribution in [-0.2, 0) is 0 Å².